The number of aromatic carboxylic acids is 1. The smallest absolute Gasteiger partial charge is 0.335 e. The summed E-state index contributed by atoms with van der Waals surface area (Å²) >= 11 is 3.50. The highest BCUT2D eigenvalue weighted by Crippen LogP contribution is 2.33. The van der Waals surface area contributed by atoms with Gasteiger partial charge in [-0.2, -0.15) is 0 Å². The van der Waals surface area contributed by atoms with Crippen LogP contribution in [-0.2, 0) is 0 Å². The second-order valence-electron chi connectivity index (χ2n) is 3.97. The molecule has 0 amide bonds. The number of carboxylic acids is 1. The van der Waals surface area contributed by atoms with Crippen molar-refractivity contribution < 1.29 is 14.6 Å². The molecule has 0 saturated carbocycles. The van der Waals surface area contributed by atoms with Gasteiger partial charge in [-0.1, -0.05) is 19.1 Å². The standard InChI is InChI=1S/C14H13BrO3/c1-2-7-18-12-6-4-9-8-10(14(16)17)3-5-11(9)13(12)15/h3-6,8H,2,7H2,1H3,(H,16,17). The third-order valence-corrected chi connectivity index (χ3v) is 3.45. The summed E-state index contributed by atoms with van der Waals surface area (Å²) in [6.07, 6.45) is 0.947. The van der Waals surface area contributed by atoms with Crippen molar-refractivity contribution in [3.63, 3.8) is 0 Å². The van der Waals surface area contributed by atoms with Crippen LogP contribution in [0.3, 0.4) is 0 Å². The molecule has 0 heterocycles. The largest absolute Gasteiger partial charge is 0.492 e. The topological polar surface area (TPSA) is 46.5 Å². The van der Waals surface area contributed by atoms with E-state index in [0.717, 1.165) is 27.4 Å². The number of halogens is 1. The summed E-state index contributed by atoms with van der Waals surface area (Å²) in [6, 6.07) is 8.78. The molecule has 18 heavy (non-hydrogen) atoms. The Kier molecular flexibility index (Phi) is 3.87. The van der Waals surface area contributed by atoms with Gasteiger partial charge in [-0.25, -0.2) is 4.79 Å². The van der Waals surface area contributed by atoms with E-state index >= 15 is 0 Å². The minimum Gasteiger partial charge on any atom is -0.492 e. The van der Waals surface area contributed by atoms with Gasteiger partial charge < -0.3 is 9.84 Å². The molecule has 4 heteroatoms. The van der Waals surface area contributed by atoms with Crippen LogP contribution >= 0.6 is 15.9 Å². The number of carbonyl (C=O) groups is 1. The monoisotopic (exact) mass is 308 g/mol. The van der Waals surface area contributed by atoms with Crippen LogP contribution in [0.25, 0.3) is 10.8 Å². The Hall–Kier alpha value is -1.55. The van der Waals surface area contributed by atoms with Gasteiger partial charge in [0, 0.05) is 0 Å². The normalized spacial score (nSPS) is 10.6. The van der Waals surface area contributed by atoms with Crippen LogP contribution in [0.1, 0.15) is 23.7 Å². The summed E-state index contributed by atoms with van der Waals surface area (Å²) in [5.41, 5.74) is 0.289. The fourth-order valence-corrected chi connectivity index (χ4v) is 2.34. The average Bonchev–Trinajstić information content (AvgIpc) is 2.37. The number of fused-ring (bicyclic) bond motifs is 1. The molecule has 0 aromatic heterocycles. The first-order valence-electron chi connectivity index (χ1n) is 5.72. The van der Waals surface area contributed by atoms with Crippen molar-refractivity contribution in [1.29, 1.82) is 0 Å². The zero-order valence-corrected chi connectivity index (χ0v) is 11.5. The molecule has 2 rings (SSSR count). The van der Waals surface area contributed by atoms with Crippen LogP contribution < -0.4 is 4.74 Å². The van der Waals surface area contributed by atoms with Gasteiger partial charge in [-0.05, 0) is 51.3 Å². The predicted octanol–water partition coefficient (Wildman–Crippen LogP) is 4.09. The Bertz CT molecular complexity index is 593. The maximum absolute atomic E-state index is 10.9. The fourth-order valence-electron chi connectivity index (χ4n) is 1.73. The molecule has 0 aliphatic heterocycles. The number of carboxylic acid groups (broad SMARTS) is 1. The first-order valence-corrected chi connectivity index (χ1v) is 6.51. The molecule has 0 spiro atoms. The van der Waals surface area contributed by atoms with Crippen molar-refractivity contribution in [1.82, 2.24) is 0 Å². The predicted molar refractivity (Wildman–Crippen MR) is 74.4 cm³/mol. The molecule has 94 valence electrons. The maximum atomic E-state index is 10.9. The van der Waals surface area contributed by atoms with Gasteiger partial charge in [0.05, 0.1) is 16.6 Å². The van der Waals surface area contributed by atoms with E-state index in [0.29, 0.717) is 6.61 Å². The van der Waals surface area contributed by atoms with Gasteiger partial charge in [0.15, 0.2) is 0 Å². The molecular formula is C14H13BrO3. The lowest BCUT2D eigenvalue weighted by Crippen LogP contribution is -1.97. The van der Waals surface area contributed by atoms with Gasteiger partial charge in [0.25, 0.3) is 0 Å². The minimum atomic E-state index is -0.917. The van der Waals surface area contributed by atoms with E-state index < -0.39 is 5.97 Å². The maximum Gasteiger partial charge on any atom is 0.335 e. The molecule has 0 atom stereocenters. The van der Waals surface area contributed by atoms with Crippen LogP contribution in [0.4, 0.5) is 0 Å². The number of rotatable bonds is 4. The first-order chi connectivity index (χ1) is 8.63. The van der Waals surface area contributed by atoms with Crippen molar-refractivity contribution in [2.24, 2.45) is 0 Å². The highest BCUT2D eigenvalue weighted by molar-refractivity contribution is 9.10. The van der Waals surface area contributed by atoms with Crippen molar-refractivity contribution in [2.75, 3.05) is 6.61 Å². The lowest BCUT2D eigenvalue weighted by molar-refractivity contribution is 0.0697. The fraction of sp³-hybridized carbons (Fsp3) is 0.214. The van der Waals surface area contributed by atoms with Gasteiger partial charge in [-0.15, -0.1) is 0 Å². The molecule has 0 saturated heterocycles. The molecule has 0 aliphatic rings. The van der Waals surface area contributed by atoms with Crippen molar-refractivity contribution in [3.05, 3.63) is 40.4 Å². The average molecular weight is 309 g/mol. The molecule has 0 bridgehead atoms. The number of benzene rings is 2. The molecule has 0 radical (unpaired) electrons. The van der Waals surface area contributed by atoms with E-state index in [9.17, 15) is 4.79 Å². The zero-order valence-electron chi connectivity index (χ0n) is 9.94. The van der Waals surface area contributed by atoms with E-state index in [1.807, 2.05) is 19.1 Å². The molecule has 0 aliphatic carbocycles. The number of hydrogen-bond acceptors (Lipinski definition) is 2. The summed E-state index contributed by atoms with van der Waals surface area (Å²) in [5, 5.41) is 10.8. The van der Waals surface area contributed by atoms with Gasteiger partial charge in [0.1, 0.15) is 5.75 Å². The van der Waals surface area contributed by atoms with Gasteiger partial charge in [0.2, 0.25) is 0 Å². The van der Waals surface area contributed by atoms with Gasteiger partial charge in [-0.3, -0.25) is 0 Å². The zero-order chi connectivity index (χ0) is 13.1. The minimum absolute atomic E-state index is 0.289. The summed E-state index contributed by atoms with van der Waals surface area (Å²) in [5.74, 6) is -0.133. The van der Waals surface area contributed by atoms with Crippen molar-refractivity contribution >= 4 is 32.7 Å². The molecule has 3 nitrogen and oxygen atoms in total. The van der Waals surface area contributed by atoms with Crippen LogP contribution in [0.5, 0.6) is 5.75 Å². The Morgan fingerprint density at radius 1 is 1.33 bits per heavy atom. The molecule has 2 aromatic carbocycles. The summed E-state index contributed by atoms with van der Waals surface area (Å²) < 4.78 is 6.47. The van der Waals surface area contributed by atoms with E-state index in [2.05, 4.69) is 15.9 Å². The Morgan fingerprint density at radius 3 is 2.78 bits per heavy atom. The van der Waals surface area contributed by atoms with E-state index in [1.54, 1.807) is 18.2 Å². The molecule has 2 aromatic rings. The molecule has 1 N–H and O–H groups in total. The van der Waals surface area contributed by atoms with E-state index in [1.165, 1.54) is 0 Å². The quantitative estimate of drug-likeness (QED) is 0.925. The van der Waals surface area contributed by atoms with Gasteiger partial charge >= 0.3 is 5.97 Å². The van der Waals surface area contributed by atoms with Crippen LogP contribution in [0, 0.1) is 0 Å². The summed E-state index contributed by atoms with van der Waals surface area (Å²) in [4.78, 5) is 10.9. The summed E-state index contributed by atoms with van der Waals surface area (Å²) in [7, 11) is 0. The van der Waals surface area contributed by atoms with Crippen LogP contribution in [0.15, 0.2) is 34.8 Å². The first kappa shape index (κ1) is 12.9. The molecule has 0 unspecified atom stereocenters. The summed E-state index contributed by atoms with van der Waals surface area (Å²) in [6.45, 7) is 2.71. The highest BCUT2D eigenvalue weighted by Gasteiger charge is 2.09. The van der Waals surface area contributed by atoms with Crippen molar-refractivity contribution in [3.8, 4) is 5.75 Å². The molecular weight excluding hydrogens is 296 g/mol. The lowest BCUT2D eigenvalue weighted by Gasteiger charge is -2.09. The second-order valence-corrected chi connectivity index (χ2v) is 4.76. The molecule has 0 fully saturated rings. The third kappa shape index (κ3) is 2.48. The highest BCUT2D eigenvalue weighted by atomic mass is 79.9. The van der Waals surface area contributed by atoms with E-state index in [4.69, 9.17) is 9.84 Å². The number of hydrogen-bond donors (Lipinski definition) is 1. The van der Waals surface area contributed by atoms with Crippen LogP contribution in [0.2, 0.25) is 0 Å². The third-order valence-electron chi connectivity index (χ3n) is 2.63. The number of ether oxygens (including phenoxy) is 1. The Balaban J connectivity index is 2.48. The van der Waals surface area contributed by atoms with E-state index in [-0.39, 0.29) is 5.56 Å². The lowest BCUT2D eigenvalue weighted by atomic mass is 10.1. The Morgan fingerprint density at radius 2 is 2.11 bits per heavy atom. The van der Waals surface area contributed by atoms with Crippen molar-refractivity contribution in [2.45, 2.75) is 13.3 Å². The SMILES string of the molecule is CCCOc1ccc2cc(C(=O)O)ccc2c1Br. The van der Waals surface area contributed by atoms with Crippen LogP contribution in [-0.4, -0.2) is 17.7 Å². The second kappa shape index (κ2) is 5.40. The Labute approximate surface area is 114 Å².